The molecule has 0 amide bonds. The van der Waals surface area contributed by atoms with Crippen LogP contribution >= 0.6 is 0 Å². The highest BCUT2D eigenvalue weighted by Crippen LogP contribution is 2.31. The number of methoxy groups -OCH3 is 1. The summed E-state index contributed by atoms with van der Waals surface area (Å²) in [6.45, 7) is 7.10. The number of aryl methyl sites for hydroxylation is 3. The number of nitrogens with one attached hydrogen (secondary N) is 1. The quantitative estimate of drug-likeness (QED) is 0.910. The summed E-state index contributed by atoms with van der Waals surface area (Å²) in [7, 11) is 3.70. The van der Waals surface area contributed by atoms with E-state index in [1.807, 2.05) is 24.7 Å². The molecule has 1 aromatic heterocycles. The van der Waals surface area contributed by atoms with Gasteiger partial charge in [0.2, 0.25) is 0 Å². The van der Waals surface area contributed by atoms with Crippen molar-refractivity contribution < 1.29 is 4.74 Å². The van der Waals surface area contributed by atoms with Crippen molar-refractivity contribution >= 4 is 0 Å². The van der Waals surface area contributed by atoms with Gasteiger partial charge in [0.1, 0.15) is 5.75 Å². The molecule has 0 saturated carbocycles. The van der Waals surface area contributed by atoms with Gasteiger partial charge in [0.05, 0.1) is 24.5 Å². The molecule has 0 radical (unpaired) electrons. The molecule has 0 saturated heterocycles. The maximum absolute atomic E-state index is 5.53. The summed E-state index contributed by atoms with van der Waals surface area (Å²) in [6.07, 6.45) is 0. The molecular weight excluding hydrogens is 250 g/mol. The molecular formula is C16H23N3O. The van der Waals surface area contributed by atoms with Gasteiger partial charge in [0.15, 0.2) is 0 Å². The van der Waals surface area contributed by atoms with E-state index in [0.29, 0.717) is 0 Å². The molecule has 0 spiro atoms. The molecule has 4 nitrogen and oxygen atoms in total. The molecule has 2 aromatic rings. The lowest BCUT2D eigenvalue weighted by molar-refractivity contribution is 0.402. The van der Waals surface area contributed by atoms with Gasteiger partial charge in [0, 0.05) is 12.6 Å². The second-order valence-corrected chi connectivity index (χ2v) is 5.07. The average molecular weight is 273 g/mol. The van der Waals surface area contributed by atoms with Crippen molar-refractivity contribution in [2.75, 3.05) is 13.7 Å². The van der Waals surface area contributed by atoms with Gasteiger partial charge in [-0.25, -0.2) is 0 Å². The normalized spacial score (nSPS) is 12.4. The zero-order valence-electron chi connectivity index (χ0n) is 12.9. The van der Waals surface area contributed by atoms with Gasteiger partial charge in [-0.2, -0.15) is 5.10 Å². The van der Waals surface area contributed by atoms with Gasteiger partial charge in [-0.15, -0.1) is 0 Å². The minimum atomic E-state index is 0.0843. The van der Waals surface area contributed by atoms with E-state index in [1.54, 1.807) is 7.11 Å². The van der Waals surface area contributed by atoms with Crippen LogP contribution in [0.3, 0.4) is 0 Å². The van der Waals surface area contributed by atoms with E-state index in [9.17, 15) is 0 Å². The molecule has 1 heterocycles. The van der Waals surface area contributed by atoms with Crippen molar-refractivity contribution in [3.8, 4) is 5.75 Å². The van der Waals surface area contributed by atoms with Gasteiger partial charge in [-0.3, -0.25) is 4.68 Å². The number of rotatable bonds is 5. The number of benzene rings is 1. The molecule has 2 rings (SSSR count). The fraction of sp³-hybridized carbons (Fsp3) is 0.438. The maximum Gasteiger partial charge on any atom is 0.124 e. The first kappa shape index (κ1) is 14.6. The van der Waals surface area contributed by atoms with Crippen LogP contribution < -0.4 is 10.1 Å². The SMILES string of the molecule is CCNC(c1cc(C)ccc1OC)c1cc(C)nn1C. The molecule has 108 valence electrons. The molecule has 1 aromatic carbocycles. The fourth-order valence-electron chi connectivity index (χ4n) is 2.56. The van der Waals surface area contributed by atoms with Crippen molar-refractivity contribution in [1.29, 1.82) is 0 Å². The van der Waals surface area contributed by atoms with E-state index in [2.05, 4.69) is 42.5 Å². The van der Waals surface area contributed by atoms with Crippen molar-refractivity contribution in [2.24, 2.45) is 7.05 Å². The summed E-state index contributed by atoms with van der Waals surface area (Å²) in [6, 6.07) is 8.47. The third-order valence-corrected chi connectivity index (χ3v) is 3.44. The lowest BCUT2D eigenvalue weighted by Gasteiger charge is -2.21. The molecule has 20 heavy (non-hydrogen) atoms. The Hall–Kier alpha value is -1.81. The summed E-state index contributed by atoms with van der Waals surface area (Å²) >= 11 is 0. The lowest BCUT2D eigenvalue weighted by atomic mass is 10.00. The predicted octanol–water partition coefficient (Wildman–Crippen LogP) is 2.74. The van der Waals surface area contributed by atoms with Crippen LogP contribution in [0.25, 0.3) is 0 Å². The van der Waals surface area contributed by atoms with Gasteiger partial charge in [-0.05, 0) is 32.5 Å². The third-order valence-electron chi connectivity index (χ3n) is 3.44. The first-order valence-corrected chi connectivity index (χ1v) is 6.95. The molecule has 0 fully saturated rings. The van der Waals surface area contributed by atoms with E-state index in [-0.39, 0.29) is 6.04 Å². The smallest absolute Gasteiger partial charge is 0.124 e. The Labute approximate surface area is 120 Å². The number of aromatic nitrogens is 2. The van der Waals surface area contributed by atoms with E-state index in [0.717, 1.165) is 29.2 Å². The van der Waals surface area contributed by atoms with Crippen LogP contribution in [-0.2, 0) is 7.05 Å². The van der Waals surface area contributed by atoms with Gasteiger partial charge >= 0.3 is 0 Å². The van der Waals surface area contributed by atoms with Crippen LogP contribution in [0.4, 0.5) is 0 Å². The zero-order chi connectivity index (χ0) is 14.7. The summed E-state index contributed by atoms with van der Waals surface area (Å²) in [5.74, 6) is 0.903. The Morgan fingerprint density at radius 2 is 2.05 bits per heavy atom. The summed E-state index contributed by atoms with van der Waals surface area (Å²) in [4.78, 5) is 0. The Morgan fingerprint density at radius 3 is 2.60 bits per heavy atom. The Bertz CT molecular complexity index is 589. The van der Waals surface area contributed by atoms with E-state index < -0.39 is 0 Å². The first-order chi connectivity index (χ1) is 9.56. The monoisotopic (exact) mass is 273 g/mol. The highest BCUT2D eigenvalue weighted by molar-refractivity contribution is 5.42. The molecule has 0 bridgehead atoms. The number of ether oxygens (including phenoxy) is 1. The molecule has 0 aliphatic rings. The van der Waals surface area contributed by atoms with Crippen LogP contribution in [-0.4, -0.2) is 23.4 Å². The molecule has 1 atom stereocenters. The second-order valence-electron chi connectivity index (χ2n) is 5.07. The molecule has 4 heteroatoms. The van der Waals surface area contributed by atoms with Crippen molar-refractivity contribution in [3.05, 3.63) is 46.8 Å². The van der Waals surface area contributed by atoms with Crippen molar-refractivity contribution in [1.82, 2.24) is 15.1 Å². The van der Waals surface area contributed by atoms with Crippen molar-refractivity contribution in [3.63, 3.8) is 0 Å². The van der Waals surface area contributed by atoms with Crippen LogP contribution in [0, 0.1) is 13.8 Å². The third kappa shape index (κ3) is 2.85. The van der Waals surface area contributed by atoms with Crippen LogP contribution in [0.2, 0.25) is 0 Å². The van der Waals surface area contributed by atoms with Gasteiger partial charge in [-0.1, -0.05) is 24.6 Å². The summed E-state index contributed by atoms with van der Waals surface area (Å²) in [5, 5.41) is 7.98. The zero-order valence-corrected chi connectivity index (χ0v) is 12.9. The van der Waals surface area contributed by atoms with Crippen molar-refractivity contribution in [2.45, 2.75) is 26.8 Å². The minimum absolute atomic E-state index is 0.0843. The molecule has 0 aliphatic heterocycles. The van der Waals surface area contributed by atoms with Gasteiger partial charge < -0.3 is 10.1 Å². The molecule has 1 N–H and O–H groups in total. The Balaban J connectivity index is 2.53. The first-order valence-electron chi connectivity index (χ1n) is 6.95. The topological polar surface area (TPSA) is 39.1 Å². The van der Waals surface area contributed by atoms with Crippen LogP contribution in [0.15, 0.2) is 24.3 Å². The summed E-state index contributed by atoms with van der Waals surface area (Å²) < 4.78 is 7.46. The standard InChI is InChI=1S/C16H23N3O/c1-6-17-16(14-10-12(3)18-19(14)4)13-9-11(2)7-8-15(13)20-5/h7-10,16-17H,6H2,1-5H3. The number of nitrogens with zero attached hydrogens (tertiary/aromatic N) is 2. The number of hydrogen-bond donors (Lipinski definition) is 1. The van der Waals surface area contributed by atoms with Crippen LogP contribution in [0.5, 0.6) is 5.75 Å². The predicted molar refractivity (Wildman–Crippen MR) is 81.2 cm³/mol. The summed E-state index contributed by atoms with van der Waals surface area (Å²) in [5.41, 5.74) is 4.55. The Morgan fingerprint density at radius 1 is 1.30 bits per heavy atom. The van der Waals surface area contributed by atoms with E-state index in [4.69, 9.17) is 4.74 Å². The highest BCUT2D eigenvalue weighted by atomic mass is 16.5. The largest absolute Gasteiger partial charge is 0.496 e. The van der Waals surface area contributed by atoms with E-state index in [1.165, 1.54) is 5.56 Å². The highest BCUT2D eigenvalue weighted by Gasteiger charge is 2.21. The maximum atomic E-state index is 5.53. The van der Waals surface area contributed by atoms with E-state index >= 15 is 0 Å². The Kier molecular flexibility index (Phi) is 4.45. The lowest BCUT2D eigenvalue weighted by Crippen LogP contribution is -2.24. The average Bonchev–Trinajstić information content (AvgIpc) is 2.75. The number of hydrogen-bond acceptors (Lipinski definition) is 3. The molecule has 1 unspecified atom stereocenters. The molecule has 0 aliphatic carbocycles. The van der Waals surface area contributed by atoms with Crippen LogP contribution in [0.1, 0.15) is 35.5 Å². The fourth-order valence-corrected chi connectivity index (χ4v) is 2.56. The second kappa shape index (κ2) is 6.09. The van der Waals surface area contributed by atoms with Gasteiger partial charge in [0.25, 0.3) is 0 Å². The minimum Gasteiger partial charge on any atom is -0.496 e.